The molecular weight excluding hydrogens is 1070 g/mol. The lowest BCUT2D eigenvalue weighted by molar-refractivity contribution is -0.138. The molecule has 0 bridgehead atoms. The Balaban J connectivity index is 1.25. The van der Waals surface area contributed by atoms with Crippen LogP contribution in [0.3, 0.4) is 0 Å². The van der Waals surface area contributed by atoms with E-state index >= 15 is 13.6 Å². The van der Waals surface area contributed by atoms with Crippen molar-refractivity contribution >= 4 is 47.2 Å². The van der Waals surface area contributed by atoms with E-state index < -0.39 is 46.9 Å². The number of aryl methyl sites for hydroxylation is 2. The predicted octanol–water partition coefficient (Wildman–Crippen LogP) is 12.2. The fourth-order valence-electron chi connectivity index (χ4n) is 12.2. The molecule has 2 saturated heterocycles. The van der Waals surface area contributed by atoms with Crippen molar-refractivity contribution in [2.45, 2.75) is 108 Å². The van der Waals surface area contributed by atoms with Gasteiger partial charge in [0.1, 0.15) is 17.2 Å². The lowest BCUT2D eigenvalue weighted by atomic mass is 9.71. The Hall–Kier alpha value is -6.10. The summed E-state index contributed by atoms with van der Waals surface area (Å²) < 4.78 is 44.2. The third kappa shape index (κ3) is 15.5. The predicted molar refractivity (Wildman–Crippen MR) is 316 cm³/mol. The van der Waals surface area contributed by atoms with Crippen molar-refractivity contribution in [3.63, 3.8) is 0 Å². The molecule has 17 heteroatoms. The number of carbonyl (C=O) groups excluding carboxylic acids is 4. The van der Waals surface area contributed by atoms with Gasteiger partial charge in [-0.05, 0) is 161 Å². The number of alkyl carbamates (subject to hydrolysis) is 1. The first-order chi connectivity index (χ1) is 38.9. The Morgan fingerprint density at radius 2 is 1.51 bits per heavy atom. The van der Waals surface area contributed by atoms with Gasteiger partial charge in [0.2, 0.25) is 11.8 Å². The highest BCUT2D eigenvalue weighted by Gasteiger charge is 2.49. The van der Waals surface area contributed by atoms with Crippen LogP contribution < -0.4 is 16.4 Å². The minimum absolute atomic E-state index is 0.00289. The highest BCUT2D eigenvalue weighted by molar-refractivity contribution is 6.33. The van der Waals surface area contributed by atoms with Crippen LogP contribution in [0.4, 0.5) is 18.4 Å². The van der Waals surface area contributed by atoms with E-state index in [1.807, 2.05) is 67.4 Å². The molecule has 0 saturated carbocycles. The monoisotopic (exact) mass is 1150 g/mol. The summed E-state index contributed by atoms with van der Waals surface area (Å²) in [7, 11) is 4.76. The summed E-state index contributed by atoms with van der Waals surface area (Å²) in [5.74, 6) is -2.44. The molecule has 0 spiro atoms. The molecule has 5 N–H and O–H groups in total. The Morgan fingerprint density at radius 3 is 2.21 bits per heavy atom. The van der Waals surface area contributed by atoms with Gasteiger partial charge in [0.05, 0.1) is 12.7 Å². The van der Waals surface area contributed by atoms with Crippen LogP contribution >= 0.6 is 23.2 Å². The zero-order valence-corrected chi connectivity index (χ0v) is 49.0. The second kappa shape index (κ2) is 29.2. The number of halogens is 4. The third-order valence-electron chi connectivity index (χ3n) is 16.5. The number of rotatable bonds is 24. The molecule has 5 atom stereocenters. The van der Waals surface area contributed by atoms with Crippen molar-refractivity contribution in [2.24, 2.45) is 17.6 Å². The molecule has 7 rings (SSSR count). The number of hydrogen-bond acceptors (Lipinski definition) is 9. The largest absolute Gasteiger partial charge is 0.453 e. The molecule has 5 unspecified atom stereocenters. The molecule has 13 nitrogen and oxygen atoms in total. The van der Waals surface area contributed by atoms with Crippen LogP contribution in [-0.4, -0.2) is 117 Å². The standard InChI is InChI=1S/C64H80Cl2F2N6O7/c1-6-44-15-7-16-46(37-44)60-54(20-9-22-56(60)68)64(29-14-32-72(4)62(78)80-5,50-18-12-34-74(42-50)58(76)39-48(40-69)45-24-26-51(65)27-25-45)81-61(77)71-31-13-28-63(79,49-17-11-33-73(41-49)57(75)23-10-30-70-3)53-19-8-21-55(66)59(53)47-35-43(2)36-52(67)38-47/h7-9,15-16,19-22,24-27,35-38,48-50,70,79H,6,10-14,17-18,23,28-34,39-42,69H2,1-5H3,(H,71,77). The van der Waals surface area contributed by atoms with E-state index in [1.54, 1.807) is 55.3 Å². The minimum atomic E-state index is -1.62. The molecule has 5 aromatic carbocycles. The van der Waals surface area contributed by atoms with Crippen LogP contribution in [0.5, 0.6) is 0 Å². The fraction of sp³-hybridized carbons (Fsp3) is 0.469. The van der Waals surface area contributed by atoms with Gasteiger partial charge >= 0.3 is 12.2 Å². The topological polar surface area (TPSA) is 167 Å². The molecular formula is C64H80Cl2F2N6O7. The van der Waals surface area contributed by atoms with Gasteiger partial charge in [0.15, 0.2) is 0 Å². The number of nitrogens with zero attached hydrogens (tertiary/aromatic N) is 3. The first-order valence-electron chi connectivity index (χ1n) is 28.5. The van der Waals surface area contributed by atoms with Crippen molar-refractivity contribution in [1.82, 2.24) is 25.3 Å². The first kappa shape index (κ1) is 62.5. The normalized spacial score (nSPS) is 17.4. The number of hydrogen-bond donors (Lipinski definition) is 4. The van der Waals surface area contributed by atoms with Gasteiger partial charge < -0.3 is 45.6 Å². The summed E-state index contributed by atoms with van der Waals surface area (Å²) >= 11 is 13.2. The van der Waals surface area contributed by atoms with Crippen molar-refractivity contribution in [2.75, 3.05) is 73.6 Å². The number of ether oxygens (including phenoxy) is 2. The van der Waals surface area contributed by atoms with Crippen LogP contribution in [0.15, 0.2) is 103 Å². The smallest absolute Gasteiger partial charge is 0.409 e. The lowest BCUT2D eigenvalue weighted by Gasteiger charge is -2.46. The van der Waals surface area contributed by atoms with Crippen LogP contribution in [0.1, 0.15) is 111 Å². The number of amides is 4. The average molecular weight is 1150 g/mol. The summed E-state index contributed by atoms with van der Waals surface area (Å²) in [4.78, 5) is 61.0. The number of methoxy groups -OCH3 is 1. The lowest BCUT2D eigenvalue weighted by Crippen LogP contribution is -2.52. The van der Waals surface area contributed by atoms with E-state index in [2.05, 4.69) is 10.6 Å². The van der Waals surface area contributed by atoms with Crippen molar-refractivity contribution in [1.29, 1.82) is 0 Å². The number of benzene rings is 5. The number of aliphatic hydroxyl groups is 1. The highest BCUT2D eigenvalue weighted by atomic mass is 35.5. The quantitative estimate of drug-likeness (QED) is 0.0440. The maximum Gasteiger partial charge on any atom is 0.409 e. The van der Waals surface area contributed by atoms with E-state index in [9.17, 15) is 19.5 Å². The molecule has 5 aromatic rings. The molecule has 0 radical (unpaired) electrons. The average Bonchev–Trinajstić information content (AvgIpc) is 3.62. The van der Waals surface area contributed by atoms with E-state index in [0.717, 1.165) is 11.1 Å². The van der Waals surface area contributed by atoms with Crippen molar-refractivity contribution in [3.05, 3.63) is 153 Å². The van der Waals surface area contributed by atoms with E-state index in [0.29, 0.717) is 108 Å². The van der Waals surface area contributed by atoms with Gasteiger partial charge in [0, 0.05) is 104 Å². The molecule has 0 aliphatic carbocycles. The molecule has 2 fully saturated rings. The number of piperidine rings is 2. The molecule has 2 aliphatic heterocycles. The number of nitrogens with one attached hydrogen (secondary N) is 2. The van der Waals surface area contributed by atoms with Gasteiger partial charge in [-0.15, -0.1) is 0 Å². The van der Waals surface area contributed by atoms with E-state index in [1.165, 1.54) is 30.2 Å². The van der Waals surface area contributed by atoms with Gasteiger partial charge in [-0.25, -0.2) is 18.4 Å². The van der Waals surface area contributed by atoms with Crippen LogP contribution in [-0.2, 0) is 36.7 Å². The van der Waals surface area contributed by atoms with Crippen LogP contribution in [0.2, 0.25) is 10.0 Å². The zero-order chi connectivity index (χ0) is 58.3. The minimum Gasteiger partial charge on any atom is -0.453 e. The van der Waals surface area contributed by atoms with Gasteiger partial charge in [0.25, 0.3) is 0 Å². The van der Waals surface area contributed by atoms with Crippen molar-refractivity contribution in [3.8, 4) is 22.3 Å². The molecule has 81 heavy (non-hydrogen) atoms. The second-order valence-electron chi connectivity index (χ2n) is 21.9. The van der Waals surface area contributed by atoms with Gasteiger partial charge in [-0.3, -0.25) is 9.59 Å². The number of nitrogens with two attached hydrogens (primary N) is 1. The first-order valence-corrected chi connectivity index (χ1v) is 29.3. The highest BCUT2D eigenvalue weighted by Crippen LogP contribution is 2.49. The molecule has 2 heterocycles. The Bertz CT molecular complexity index is 2930. The Labute approximate surface area is 486 Å². The Morgan fingerprint density at radius 1 is 0.815 bits per heavy atom. The maximum absolute atomic E-state index is 17.0. The molecule has 2 aliphatic rings. The van der Waals surface area contributed by atoms with Crippen LogP contribution in [0, 0.1) is 30.4 Å². The second-order valence-corrected chi connectivity index (χ2v) is 22.7. The van der Waals surface area contributed by atoms with Crippen LogP contribution in [0.25, 0.3) is 22.3 Å². The van der Waals surface area contributed by atoms with E-state index in [4.69, 9.17) is 38.4 Å². The number of carbonyl (C=O) groups is 4. The fourth-order valence-corrected chi connectivity index (χ4v) is 12.6. The zero-order valence-electron chi connectivity index (χ0n) is 47.5. The van der Waals surface area contributed by atoms with Crippen molar-refractivity contribution < 1.29 is 42.5 Å². The molecule has 4 amide bonds. The third-order valence-corrected chi connectivity index (χ3v) is 17.0. The summed E-state index contributed by atoms with van der Waals surface area (Å²) in [5, 5.41) is 20.5. The summed E-state index contributed by atoms with van der Waals surface area (Å²) in [5.41, 5.74) is 8.36. The Kier molecular flexibility index (Phi) is 22.6. The summed E-state index contributed by atoms with van der Waals surface area (Å²) in [6.45, 7) is 6.36. The maximum atomic E-state index is 17.0. The van der Waals surface area contributed by atoms with Gasteiger partial charge in [-0.1, -0.05) is 96.9 Å². The van der Waals surface area contributed by atoms with Gasteiger partial charge in [-0.2, -0.15) is 0 Å². The summed E-state index contributed by atoms with van der Waals surface area (Å²) in [6, 6.07) is 29.6. The number of likely N-dealkylation sites (tertiary alicyclic amines) is 2. The summed E-state index contributed by atoms with van der Waals surface area (Å²) in [6.07, 6.45) is 3.48. The van der Waals surface area contributed by atoms with E-state index in [-0.39, 0.29) is 88.1 Å². The molecule has 0 aromatic heterocycles. The molecule has 436 valence electrons. The SMILES string of the molecule is CCc1cccc(-c2c(F)cccc2C(CCCN(C)C(=O)OC)(OC(=O)NCCCC(O)(c2cccc(Cl)c2-c2cc(C)cc(F)c2)C2CCCN(C(=O)CCCNC)C2)C2CCCN(C(=O)CC(CN)c3ccc(Cl)cc3)C2)c1.